The normalized spacial score (nSPS) is 14.2. The van der Waals surface area contributed by atoms with Crippen LogP contribution in [0.3, 0.4) is 0 Å². The quantitative estimate of drug-likeness (QED) is 0.496. The van der Waals surface area contributed by atoms with Crippen LogP contribution in [0.5, 0.6) is 0 Å². The van der Waals surface area contributed by atoms with Crippen molar-refractivity contribution >= 4 is 41.7 Å². The van der Waals surface area contributed by atoms with Crippen LogP contribution in [-0.2, 0) is 9.84 Å². The third kappa shape index (κ3) is 8.24. The Balaban J connectivity index is 3.60. The molecule has 0 amide bonds. The summed E-state index contributed by atoms with van der Waals surface area (Å²) in [5.74, 6) is 0.240. The minimum absolute atomic E-state index is 0.0665. The molecule has 0 rings (SSSR count). The minimum atomic E-state index is -2.89. The topological polar surface area (TPSA) is 34.1 Å². The summed E-state index contributed by atoms with van der Waals surface area (Å²) in [5, 5.41) is 0. The summed E-state index contributed by atoms with van der Waals surface area (Å²) in [6.45, 7) is 2.17. The molecular formula is C9H18Br2O2S. The lowest BCUT2D eigenvalue weighted by molar-refractivity contribution is 0.591. The van der Waals surface area contributed by atoms with Gasteiger partial charge in [0.15, 0.2) is 9.84 Å². The summed E-state index contributed by atoms with van der Waals surface area (Å²) in [7, 11) is -2.89. The maximum absolute atomic E-state index is 11.2. The molecule has 0 aliphatic heterocycles. The highest BCUT2D eigenvalue weighted by Gasteiger charge is 2.14. The second-order valence-corrected chi connectivity index (χ2v) is 8.17. The van der Waals surface area contributed by atoms with E-state index in [1.165, 1.54) is 19.3 Å². The molecule has 0 aromatic rings. The van der Waals surface area contributed by atoms with E-state index in [9.17, 15) is 8.42 Å². The van der Waals surface area contributed by atoms with Gasteiger partial charge < -0.3 is 0 Å². The molecular weight excluding hydrogens is 332 g/mol. The van der Waals surface area contributed by atoms with Crippen LogP contribution in [0.15, 0.2) is 0 Å². The van der Waals surface area contributed by atoms with E-state index in [-0.39, 0.29) is 15.2 Å². The zero-order valence-corrected chi connectivity index (χ0v) is 12.5. The number of rotatable bonds is 8. The van der Waals surface area contributed by atoms with Crippen molar-refractivity contribution in [2.24, 2.45) is 0 Å². The average Bonchev–Trinajstić information content (AvgIpc) is 2.12. The number of halogens is 2. The Morgan fingerprint density at radius 3 is 2.36 bits per heavy atom. The molecule has 0 N–H and O–H groups in total. The monoisotopic (exact) mass is 348 g/mol. The van der Waals surface area contributed by atoms with Gasteiger partial charge >= 0.3 is 0 Å². The molecule has 0 aromatic heterocycles. The van der Waals surface area contributed by atoms with Gasteiger partial charge in [0.1, 0.15) is 4.66 Å². The van der Waals surface area contributed by atoms with Crippen molar-refractivity contribution in [2.75, 3.05) is 10.4 Å². The number of hydrogen-bond acceptors (Lipinski definition) is 2. The van der Waals surface area contributed by atoms with Gasteiger partial charge in [0.2, 0.25) is 0 Å². The second kappa shape index (κ2) is 8.11. The molecule has 2 nitrogen and oxygen atoms in total. The van der Waals surface area contributed by atoms with E-state index in [0.717, 1.165) is 12.8 Å². The molecule has 1 atom stereocenters. The Morgan fingerprint density at radius 2 is 1.86 bits per heavy atom. The van der Waals surface area contributed by atoms with Crippen molar-refractivity contribution in [2.45, 2.75) is 43.9 Å². The number of unbranched alkanes of at least 4 members (excludes halogenated alkanes) is 3. The minimum Gasteiger partial charge on any atom is -0.228 e. The van der Waals surface area contributed by atoms with Gasteiger partial charge in [-0.05, 0) is 6.42 Å². The maximum atomic E-state index is 11.2. The SMILES string of the molecule is CCCCCCC(Br)CS(=O)(=O)CBr. The molecule has 0 aromatic carbocycles. The lowest BCUT2D eigenvalue weighted by Gasteiger charge is -2.08. The summed E-state index contributed by atoms with van der Waals surface area (Å²) in [5.41, 5.74) is 0. The fraction of sp³-hybridized carbons (Fsp3) is 1.00. The molecule has 0 spiro atoms. The van der Waals surface area contributed by atoms with Crippen LogP contribution in [0.4, 0.5) is 0 Å². The van der Waals surface area contributed by atoms with Crippen molar-refractivity contribution in [3.05, 3.63) is 0 Å². The van der Waals surface area contributed by atoms with E-state index in [4.69, 9.17) is 0 Å². The largest absolute Gasteiger partial charge is 0.228 e. The molecule has 0 aliphatic rings. The average molecular weight is 350 g/mol. The first-order valence-electron chi connectivity index (χ1n) is 4.92. The summed E-state index contributed by atoms with van der Waals surface area (Å²) in [4.78, 5) is 0.113. The van der Waals surface area contributed by atoms with Crippen LogP contribution < -0.4 is 0 Å². The first kappa shape index (κ1) is 14.9. The summed E-state index contributed by atoms with van der Waals surface area (Å²) >= 11 is 6.39. The van der Waals surface area contributed by atoms with Gasteiger partial charge in [-0.2, -0.15) is 0 Å². The molecule has 86 valence electrons. The molecule has 5 heteroatoms. The summed E-state index contributed by atoms with van der Waals surface area (Å²) < 4.78 is 22.5. The molecule has 14 heavy (non-hydrogen) atoms. The summed E-state index contributed by atoms with van der Waals surface area (Å²) in [6, 6.07) is 0. The summed E-state index contributed by atoms with van der Waals surface area (Å²) in [6.07, 6.45) is 5.72. The maximum Gasteiger partial charge on any atom is 0.161 e. The van der Waals surface area contributed by atoms with Crippen LogP contribution in [0.2, 0.25) is 0 Å². The Hall–Kier alpha value is 0.910. The van der Waals surface area contributed by atoms with Gasteiger partial charge in [-0.1, -0.05) is 64.5 Å². The van der Waals surface area contributed by atoms with E-state index < -0.39 is 9.84 Å². The fourth-order valence-corrected chi connectivity index (χ4v) is 4.10. The Kier molecular flexibility index (Phi) is 8.63. The van der Waals surface area contributed by atoms with Crippen LogP contribution in [0.25, 0.3) is 0 Å². The number of hydrogen-bond donors (Lipinski definition) is 0. The van der Waals surface area contributed by atoms with Gasteiger partial charge in [0.05, 0.1) is 5.75 Å². The number of alkyl halides is 2. The van der Waals surface area contributed by atoms with Gasteiger partial charge in [0.25, 0.3) is 0 Å². The van der Waals surface area contributed by atoms with E-state index in [2.05, 4.69) is 38.8 Å². The predicted molar refractivity (Wildman–Crippen MR) is 69.1 cm³/mol. The number of sulfone groups is 1. The predicted octanol–water partition coefficient (Wildman–Crippen LogP) is 3.49. The first-order valence-corrected chi connectivity index (χ1v) is 8.78. The van der Waals surface area contributed by atoms with E-state index >= 15 is 0 Å². The standard InChI is InChI=1S/C9H18Br2O2S/c1-2-3-4-5-6-9(11)7-14(12,13)8-10/h9H,2-8H2,1H3. The van der Waals surface area contributed by atoms with E-state index in [1.807, 2.05) is 0 Å². The molecule has 0 saturated carbocycles. The van der Waals surface area contributed by atoms with Crippen molar-refractivity contribution < 1.29 is 8.42 Å². The lowest BCUT2D eigenvalue weighted by atomic mass is 10.1. The molecule has 0 fully saturated rings. The van der Waals surface area contributed by atoms with Crippen molar-refractivity contribution in [1.29, 1.82) is 0 Å². The van der Waals surface area contributed by atoms with E-state index in [1.54, 1.807) is 0 Å². The van der Waals surface area contributed by atoms with Crippen LogP contribution in [0, 0.1) is 0 Å². The highest BCUT2D eigenvalue weighted by atomic mass is 79.9. The smallest absolute Gasteiger partial charge is 0.161 e. The van der Waals surface area contributed by atoms with E-state index in [0.29, 0.717) is 0 Å². The van der Waals surface area contributed by atoms with Crippen molar-refractivity contribution in [3.63, 3.8) is 0 Å². The van der Waals surface area contributed by atoms with Crippen molar-refractivity contribution in [3.8, 4) is 0 Å². The van der Waals surface area contributed by atoms with Crippen molar-refractivity contribution in [1.82, 2.24) is 0 Å². The second-order valence-electron chi connectivity index (χ2n) is 3.47. The van der Waals surface area contributed by atoms with Crippen LogP contribution in [0.1, 0.15) is 39.0 Å². The fourth-order valence-electron chi connectivity index (χ4n) is 1.20. The van der Waals surface area contributed by atoms with Gasteiger partial charge in [-0.3, -0.25) is 0 Å². The third-order valence-electron chi connectivity index (χ3n) is 1.97. The highest BCUT2D eigenvalue weighted by Crippen LogP contribution is 2.15. The van der Waals surface area contributed by atoms with Gasteiger partial charge in [-0.25, -0.2) is 8.42 Å². The molecule has 0 radical (unpaired) electrons. The molecule has 0 aliphatic carbocycles. The molecule has 0 bridgehead atoms. The third-order valence-corrected chi connectivity index (χ3v) is 6.52. The van der Waals surface area contributed by atoms with Crippen LogP contribution >= 0.6 is 31.9 Å². The van der Waals surface area contributed by atoms with Gasteiger partial charge in [0, 0.05) is 4.83 Å². The highest BCUT2D eigenvalue weighted by molar-refractivity contribution is 9.11. The zero-order chi connectivity index (χ0) is 11.0. The molecule has 0 heterocycles. The van der Waals surface area contributed by atoms with Gasteiger partial charge in [-0.15, -0.1) is 0 Å². The Labute approximate surface area is 104 Å². The molecule has 0 saturated heterocycles. The lowest BCUT2D eigenvalue weighted by Crippen LogP contribution is -2.16. The zero-order valence-electron chi connectivity index (χ0n) is 8.51. The van der Waals surface area contributed by atoms with Crippen LogP contribution in [-0.4, -0.2) is 23.7 Å². The Bertz CT molecular complexity index is 227. The first-order chi connectivity index (χ1) is 6.52. The molecule has 1 unspecified atom stereocenters. The Morgan fingerprint density at radius 1 is 1.21 bits per heavy atom.